The van der Waals surface area contributed by atoms with Crippen molar-refractivity contribution >= 4 is 11.8 Å². The number of halogens is 3. The lowest BCUT2D eigenvalue weighted by molar-refractivity contribution is -0.144. The van der Waals surface area contributed by atoms with Crippen molar-refractivity contribution < 1.29 is 27.9 Å². The Kier molecular flexibility index (Phi) is 6.32. The summed E-state index contributed by atoms with van der Waals surface area (Å²) in [7, 11) is 1.45. The number of benzene rings is 1. The molecule has 1 aromatic carbocycles. The van der Waals surface area contributed by atoms with E-state index in [-0.39, 0.29) is 30.1 Å². The molecule has 0 bridgehead atoms. The molecule has 0 aliphatic carbocycles. The molecule has 1 aliphatic rings. The van der Waals surface area contributed by atoms with Crippen molar-refractivity contribution in [1.29, 1.82) is 0 Å². The van der Waals surface area contributed by atoms with Crippen molar-refractivity contribution in [3.8, 4) is 11.3 Å². The number of hydrogen-bond donors (Lipinski definition) is 2. The maximum atomic E-state index is 13.5. The molecule has 0 spiro atoms. The van der Waals surface area contributed by atoms with Crippen LogP contribution < -0.4 is 5.32 Å². The molecule has 2 amide bonds. The van der Waals surface area contributed by atoms with Crippen LogP contribution in [0.15, 0.2) is 30.5 Å². The van der Waals surface area contributed by atoms with E-state index in [1.807, 2.05) is 20.8 Å². The number of nitrogens with zero attached hydrogens (tertiary/aromatic N) is 4. The van der Waals surface area contributed by atoms with Gasteiger partial charge < -0.3 is 15.3 Å². The maximum absolute atomic E-state index is 13.5. The largest absolute Gasteiger partial charge is 0.416 e. The monoisotopic (exact) mass is 453 g/mol. The normalized spacial score (nSPS) is 20.3. The van der Waals surface area contributed by atoms with Crippen LogP contribution in [0.1, 0.15) is 38.8 Å². The molecule has 32 heavy (non-hydrogen) atoms. The summed E-state index contributed by atoms with van der Waals surface area (Å²) in [4.78, 5) is 27.1. The SMILES string of the molecule is CNC(=O)[C@H]1CC(O)CN1C(=O)C(n1cc(-c2cccc(C(F)(F)F)c2)nn1)C(C)(C)C. The lowest BCUT2D eigenvalue weighted by Crippen LogP contribution is -2.49. The topological polar surface area (TPSA) is 100 Å². The second-order valence-corrected chi connectivity index (χ2v) is 8.94. The van der Waals surface area contributed by atoms with Crippen molar-refractivity contribution in [2.45, 2.75) is 51.6 Å². The van der Waals surface area contributed by atoms with Gasteiger partial charge in [-0.15, -0.1) is 5.10 Å². The number of amides is 2. The van der Waals surface area contributed by atoms with Gasteiger partial charge in [0.05, 0.1) is 17.9 Å². The minimum Gasteiger partial charge on any atom is -0.391 e. The summed E-state index contributed by atoms with van der Waals surface area (Å²) in [6.07, 6.45) is -3.79. The Hall–Kier alpha value is -2.95. The minimum absolute atomic E-state index is 0.00131. The van der Waals surface area contributed by atoms with Crippen LogP contribution in [0.5, 0.6) is 0 Å². The Morgan fingerprint density at radius 3 is 2.53 bits per heavy atom. The van der Waals surface area contributed by atoms with Gasteiger partial charge in [-0.05, 0) is 17.5 Å². The number of likely N-dealkylation sites (tertiary alicyclic amines) is 1. The molecule has 3 atom stereocenters. The van der Waals surface area contributed by atoms with Crippen LogP contribution in [0.2, 0.25) is 0 Å². The van der Waals surface area contributed by atoms with E-state index in [4.69, 9.17) is 0 Å². The number of carbonyl (C=O) groups is 2. The molecular weight excluding hydrogens is 427 g/mol. The van der Waals surface area contributed by atoms with Gasteiger partial charge in [0.1, 0.15) is 17.8 Å². The van der Waals surface area contributed by atoms with E-state index in [2.05, 4.69) is 15.6 Å². The van der Waals surface area contributed by atoms with E-state index in [1.165, 1.54) is 35.0 Å². The average molecular weight is 453 g/mol. The zero-order chi connectivity index (χ0) is 23.8. The summed E-state index contributed by atoms with van der Waals surface area (Å²) in [6, 6.07) is 2.98. The zero-order valence-electron chi connectivity index (χ0n) is 18.2. The van der Waals surface area contributed by atoms with Crippen molar-refractivity contribution in [3.63, 3.8) is 0 Å². The molecule has 0 radical (unpaired) electrons. The number of hydrogen-bond acceptors (Lipinski definition) is 5. The predicted octanol–water partition coefficient (Wildman–Crippen LogP) is 2.26. The Labute approximate surface area is 183 Å². The van der Waals surface area contributed by atoms with Crippen LogP contribution >= 0.6 is 0 Å². The first-order chi connectivity index (χ1) is 14.8. The van der Waals surface area contributed by atoms with Gasteiger partial charge in [0.15, 0.2) is 0 Å². The minimum atomic E-state index is -4.50. The first kappa shape index (κ1) is 23.7. The number of alkyl halides is 3. The molecule has 2 aromatic rings. The van der Waals surface area contributed by atoms with Gasteiger partial charge in [-0.2, -0.15) is 13.2 Å². The van der Waals surface area contributed by atoms with E-state index in [0.717, 1.165) is 12.1 Å². The highest BCUT2D eigenvalue weighted by atomic mass is 19.4. The molecular formula is C21H26F3N5O3. The molecule has 1 saturated heterocycles. The van der Waals surface area contributed by atoms with Gasteiger partial charge in [-0.25, -0.2) is 4.68 Å². The fourth-order valence-corrected chi connectivity index (χ4v) is 3.90. The number of carbonyl (C=O) groups excluding carboxylic acids is 2. The summed E-state index contributed by atoms with van der Waals surface area (Å²) in [5.41, 5.74) is -1.09. The predicted molar refractivity (Wildman–Crippen MR) is 109 cm³/mol. The van der Waals surface area contributed by atoms with Crippen LogP contribution in [0.4, 0.5) is 13.2 Å². The molecule has 0 saturated carbocycles. The van der Waals surface area contributed by atoms with Gasteiger partial charge in [-0.3, -0.25) is 9.59 Å². The number of aliphatic hydroxyl groups excluding tert-OH is 1. The first-order valence-corrected chi connectivity index (χ1v) is 10.1. The van der Waals surface area contributed by atoms with E-state index in [1.54, 1.807) is 0 Å². The van der Waals surface area contributed by atoms with E-state index in [0.29, 0.717) is 0 Å². The lowest BCUT2D eigenvalue weighted by Gasteiger charge is -2.34. The zero-order valence-corrected chi connectivity index (χ0v) is 18.2. The molecule has 2 heterocycles. The third-order valence-electron chi connectivity index (χ3n) is 5.43. The smallest absolute Gasteiger partial charge is 0.391 e. The molecule has 1 aromatic heterocycles. The molecule has 3 rings (SSSR count). The lowest BCUT2D eigenvalue weighted by atomic mass is 9.85. The highest BCUT2D eigenvalue weighted by Gasteiger charge is 2.45. The summed E-state index contributed by atoms with van der Waals surface area (Å²) >= 11 is 0. The molecule has 1 aliphatic heterocycles. The van der Waals surface area contributed by atoms with Gasteiger partial charge in [0.25, 0.3) is 0 Å². The van der Waals surface area contributed by atoms with Crippen LogP contribution in [0, 0.1) is 5.41 Å². The van der Waals surface area contributed by atoms with E-state index < -0.39 is 41.2 Å². The van der Waals surface area contributed by atoms with Gasteiger partial charge in [-0.1, -0.05) is 38.1 Å². The van der Waals surface area contributed by atoms with Crippen molar-refractivity contribution in [1.82, 2.24) is 25.2 Å². The number of rotatable bonds is 4. The Morgan fingerprint density at radius 1 is 1.25 bits per heavy atom. The highest BCUT2D eigenvalue weighted by molar-refractivity contribution is 5.90. The molecule has 11 heteroatoms. The number of aliphatic hydroxyl groups is 1. The number of nitrogens with one attached hydrogen (secondary N) is 1. The van der Waals surface area contributed by atoms with Gasteiger partial charge in [0, 0.05) is 25.6 Å². The number of aromatic nitrogens is 3. The highest BCUT2D eigenvalue weighted by Crippen LogP contribution is 2.36. The van der Waals surface area contributed by atoms with Crippen molar-refractivity contribution in [3.05, 3.63) is 36.0 Å². The maximum Gasteiger partial charge on any atom is 0.416 e. The van der Waals surface area contributed by atoms with E-state index >= 15 is 0 Å². The van der Waals surface area contributed by atoms with Crippen LogP contribution in [-0.4, -0.2) is 62.6 Å². The number of β-amino-alcohol motifs (C(OH)–C–C–N with tert-alkyl or cyclic N) is 1. The van der Waals surface area contributed by atoms with Gasteiger partial charge >= 0.3 is 6.18 Å². The van der Waals surface area contributed by atoms with Gasteiger partial charge in [0.2, 0.25) is 11.8 Å². The second-order valence-electron chi connectivity index (χ2n) is 8.94. The molecule has 8 nitrogen and oxygen atoms in total. The molecule has 1 fully saturated rings. The summed E-state index contributed by atoms with van der Waals surface area (Å²) in [6.45, 7) is 5.42. The number of likely N-dealkylation sites (N-methyl/N-ethyl adjacent to an activating group) is 1. The molecule has 174 valence electrons. The second kappa shape index (κ2) is 8.53. The quantitative estimate of drug-likeness (QED) is 0.740. The molecule has 2 unspecified atom stereocenters. The van der Waals surface area contributed by atoms with Crippen LogP contribution in [0.3, 0.4) is 0 Å². The third kappa shape index (κ3) is 4.77. The standard InChI is InChI=1S/C21H26F3N5O3/c1-20(2,3)17(19(32)28-10-14(30)9-16(28)18(31)25-4)29-11-15(26-27-29)12-6-5-7-13(8-12)21(22,23)24/h5-8,11,14,16-17,30H,9-10H2,1-4H3,(H,25,31)/t14?,16-,17?/m1/s1. The van der Waals surface area contributed by atoms with Crippen LogP contribution in [-0.2, 0) is 15.8 Å². The van der Waals surface area contributed by atoms with Crippen LogP contribution in [0.25, 0.3) is 11.3 Å². The fourth-order valence-electron chi connectivity index (χ4n) is 3.90. The Morgan fingerprint density at radius 2 is 1.94 bits per heavy atom. The summed E-state index contributed by atoms with van der Waals surface area (Å²) in [5, 5.41) is 20.6. The fraction of sp³-hybridized carbons (Fsp3) is 0.524. The average Bonchev–Trinajstić information content (AvgIpc) is 3.33. The third-order valence-corrected chi connectivity index (χ3v) is 5.43. The Bertz CT molecular complexity index is 999. The Balaban J connectivity index is 1.96. The van der Waals surface area contributed by atoms with Crippen molar-refractivity contribution in [2.75, 3.05) is 13.6 Å². The summed E-state index contributed by atoms with van der Waals surface area (Å²) in [5.74, 6) is -0.811. The van der Waals surface area contributed by atoms with Crippen molar-refractivity contribution in [2.24, 2.45) is 5.41 Å². The first-order valence-electron chi connectivity index (χ1n) is 10.1. The summed E-state index contributed by atoms with van der Waals surface area (Å²) < 4.78 is 40.5. The van der Waals surface area contributed by atoms with E-state index in [9.17, 15) is 27.9 Å². The molecule has 2 N–H and O–H groups in total.